The van der Waals surface area contributed by atoms with Gasteiger partial charge >= 0.3 is 0 Å². The van der Waals surface area contributed by atoms with Crippen LogP contribution in [0.4, 0.5) is 4.39 Å². The fourth-order valence-corrected chi connectivity index (χ4v) is 2.04. The monoisotopic (exact) mass is 302 g/mol. The molecule has 1 heterocycles. The van der Waals surface area contributed by atoms with E-state index >= 15 is 0 Å². The summed E-state index contributed by atoms with van der Waals surface area (Å²) in [7, 11) is 0. The summed E-state index contributed by atoms with van der Waals surface area (Å²) >= 11 is 1.03. The van der Waals surface area contributed by atoms with Crippen molar-refractivity contribution >= 4 is 23.5 Å². The van der Waals surface area contributed by atoms with Crippen molar-refractivity contribution in [2.75, 3.05) is 6.54 Å². The molecular formula is C10H15FN6O2S. The van der Waals surface area contributed by atoms with Crippen LogP contribution in [0, 0.1) is 0 Å². The predicted octanol–water partition coefficient (Wildman–Crippen LogP) is -0.918. The Balaban J connectivity index is 2.40. The van der Waals surface area contributed by atoms with Gasteiger partial charge in [-0.2, -0.15) is 0 Å². The molecule has 20 heavy (non-hydrogen) atoms. The Labute approximate surface area is 118 Å². The van der Waals surface area contributed by atoms with Crippen LogP contribution in [0.3, 0.4) is 0 Å². The van der Waals surface area contributed by atoms with Crippen LogP contribution in [-0.4, -0.2) is 40.1 Å². The van der Waals surface area contributed by atoms with Gasteiger partial charge in [-0.05, 0) is 6.42 Å². The number of amides is 1. The number of allylic oxidation sites excluding steroid dienone is 1. The average molecular weight is 302 g/mol. The Kier molecular flexibility index (Phi) is 6.00. The van der Waals surface area contributed by atoms with Crippen molar-refractivity contribution in [2.45, 2.75) is 19.0 Å². The van der Waals surface area contributed by atoms with Crippen LogP contribution in [0.1, 0.15) is 21.2 Å². The van der Waals surface area contributed by atoms with Crippen LogP contribution < -0.4 is 17.3 Å². The molecule has 0 aliphatic carbocycles. The van der Waals surface area contributed by atoms with E-state index in [2.05, 4.69) is 10.2 Å². The number of carbonyl (C=O) groups is 2. The third-order valence-electron chi connectivity index (χ3n) is 2.21. The smallest absolute Gasteiger partial charge is 0.279 e. The largest absolute Gasteiger partial charge is 0.395 e. The molecule has 0 saturated heterocycles. The second-order valence-corrected chi connectivity index (χ2v) is 5.01. The zero-order valence-electron chi connectivity index (χ0n) is 10.5. The van der Waals surface area contributed by atoms with Gasteiger partial charge in [0.05, 0.1) is 12.2 Å². The lowest BCUT2D eigenvalue weighted by molar-refractivity contribution is -0.105. The first-order chi connectivity index (χ1) is 9.42. The highest BCUT2D eigenvalue weighted by atomic mass is 32.1. The number of alkyl halides is 1. The molecule has 1 aromatic heterocycles. The van der Waals surface area contributed by atoms with Gasteiger partial charge in [0.2, 0.25) is 5.01 Å². The van der Waals surface area contributed by atoms with E-state index in [4.69, 9.17) is 17.3 Å². The van der Waals surface area contributed by atoms with E-state index in [1.165, 1.54) is 0 Å². The molecule has 1 atom stereocenters. The van der Waals surface area contributed by atoms with E-state index < -0.39 is 12.1 Å². The number of rotatable bonds is 8. The van der Waals surface area contributed by atoms with Crippen LogP contribution in [-0.2, 0) is 11.2 Å². The lowest BCUT2D eigenvalue weighted by Crippen LogP contribution is -2.33. The topological polar surface area (TPSA) is 141 Å². The number of primary amides is 1. The summed E-state index contributed by atoms with van der Waals surface area (Å²) in [5.74, 6) is 4.80. The molecule has 1 aromatic rings. The molecule has 0 aromatic carbocycles. The van der Waals surface area contributed by atoms with Gasteiger partial charge in [-0.25, -0.2) is 10.2 Å². The Morgan fingerprint density at radius 2 is 2.15 bits per heavy atom. The highest BCUT2D eigenvalue weighted by molar-refractivity contribution is 7.13. The van der Waals surface area contributed by atoms with Crippen LogP contribution in [0.15, 0.2) is 11.9 Å². The lowest BCUT2D eigenvalue weighted by atomic mass is 10.2. The quantitative estimate of drug-likeness (QED) is 0.244. The number of aryl methyl sites for hydroxylation is 1. The van der Waals surface area contributed by atoms with Crippen LogP contribution in [0.25, 0.3) is 0 Å². The normalized spacial score (nSPS) is 13.0. The van der Waals surface area contributed by atoms with Crippen molar-refractivity contribution in [3.8, 4) is 0 Å². The maximum atomic E-state index is 13.6. The molecule has 0 aliphatic heterocycles. The minimum Gasteiger partial charge on any atom is -0.395 e. The average Bonchev–Trinajstić information content (AvgIpc) is 2.85. The molecular weight excluding hydrogens is 287 g/mol. The molecule has 0 radical (unpaired) electrons. The van der Waals surface area contributed by atoms with E-state index in [9.17, 15) is 14.0 Å². The Morgan fingerprint density at radius 3 is 2.70 bits per heavy atom. The van der Waals surface area contributed by atoms with Gasteiger partial charge in [-0.15, -0.1) is 10.2 Å². The number of hydrazine groups is 1. The minimum absolute atomic E-state index is 0.0880. The van der Waals surface area contributed by atoms with E-state index in [1.807, 2.05) is 0 Å². The highest BCUT2D eigenvalue weighted by Gasteiger charge is 2.13. The first kappa shape index (κ1) is 16.0. The molecule has 0 saturated carbocycles. The van der Waals surface area contributed by atoms with Crippen molar-refractivity contribution in [3.63, 3.8) is 0 Å². The molecule has 110 valence electrons. The van der Waals surface area contributed by atoms with Gasteiger partial charge in [0, 0.05) is 12.6 Å². The van der Waals surface area contributed by atoms with Crippen molar-refractivity contribution in [2.24, 2.45) is 17.3 Å². The summed E-state index contributed by atoms with van der Waals surface area (Å²) in [6, 6.07) is 0. The Bertz CT molecular complexity index is 506. The van der Waals surface area contributed by atoms with Crippen LogP contribution in [0.2, 0.25) is 0 Å². The SMILES string of the molecule is NC(=O)c1nnc(CCC(F)CN(N)/C=C(\N)C=O)s1. The lowest BCUT2D eigenvalue weighted by Gasteiger charge is -2.16. The predicted molar refractivity (Wildman–Crippen MR) is 70.9 cm³/mol. The summed E-state index contributed by atoms with van der Waals surface area (Å²) in [6.07, 6.45) is 0.787. The van der Waals surface area contributed by atoms with E-state index in [0.717, 1.165) is 22.5 Å². The molecule has 1 rings (SSSR count). The van der Waals surface area contributed by atoms with Crippen molar-refractivity contribution in [3.05, 3.63) is 21.9 Å². The number of aromatic nitrogens is 2. The van der Waals surface area contributed by atoms with Crippen LogP contribution >= 0.6 is 11.3 Å². The minimum atomic E-state index is -1.24. The molecule has 0 fully saturated rings. The number of hydrogen-bond acceptors (Lipinski definition) is 8. The fourth-order valence-electron chi connectivity index (χ4n) is 1.33. The Morgan fingerprint density at radius 1 is 1.45 bits per heavy atom. The summed E-state index contributed by atoms with van der Waals surface area (Å²) in [6.45, 7) is -0.115. The number of halogens is 1. The second kappa shape index (κ2) is 7.50. The summed E-state index contributed by atoms with van der Waals surface area (Å²) in [5, 5.41) is 8.92. The molecule has 6 N–H and O–H groups in total. The zero-order chi connectivity index (χ0) is 15.1. The highest BCUT2D eigenvalue weighted by Crippen LogP contribution is 2.13. The van der Waals surface area contributed by atoms with Gasteiger partial charge in [-0.3, -0.25) is 9.59 Å². The molecule has 0 bridgehead atoms. The molecule has 1 unspecified atom stereocenters. The summed E-state index contributed by atoms with van der Waals surface area (Å²) in [4.78, 5) is 21.1. The van der Waals surface area contributed by atoms with Crippen LogP contribution in [0.5, 0.6) is 0 Å². The molecule has 8 nitrogen and oxygen atoms in total. The standard InChI is InChI=1S/C10H15FN6O2S/c11-6(3-17(14)4-7(12)5-18)1-2-8-15-16-10(20-8)9(13)19/h4-6H,1-3,12,14H2,(H2,13,19)/b7-4-. The fraction of sp³-hybridized carbons (Fsp3) is 0.400. The molecule has 0 spiro atoms. The number of aldehydes is 1. The van der Waals surface area contributed by atoms with E-state index in [0.29, 0.717) is 17.7 Å². The first-order valence-corrected chi connectivity index (χ1v) is 6.44. The molecule has 10 heteroatoms. The van der Waals surface area contributed by atoms with Crippen molar-refractivity contribution in [1.82, 2.24) is 15.2 Å². The van der Waals surface area contributed by atoms with E-state index in [-0.39, 0.29) is 23.7 Å². The van der Waals surface area contributed by atoms with Gasteiger partial charge < -0.3 is 16.5 Å². The third kappa shape index (κ3) is 5.28. The zero-order valence-corrected chi connectivity index (χ0v) is 11.3. The van der Waals surface area contributed by atoms with Gasteiger partial charge in [0.1, 0.15) is 11.2 Å². The second-order valence-electron chi connectivity index (χ2n) is 3.94. The maximum absolute atomic E-state index is 13.6. The molecule has 1 amide bonds. The Hall–Kier alpha value is -2.07. The maximum Gasteiger partial charge on any atom is 0.279 e. The van der Waals surface area contributed by atoms with Crippen molar-refractivity contribution in [1.29, 1.82) is 0 Å². The van der Waals surface area contributed by atoms with Gasteiger partial charge in [0.25, 0.3) is 5.91 Å². The number of nitrogens with two attached hydrogens (primary N) is 3. The number of hydrogen-bond donors (Lipinski definition) is 3. The summed E-state index contributed by atoms with van der Waals surface area (Å²) in [5.41, 5.74) is 10.2. The van der Waals surface area contributed by atoms with Crippen molar-refractivity contribution < 1.29 is 14.0 Å². The molecule has 0 aliphatic rings. The summed E-state index contributed by atoms with van der Waals surface area (Å²) < 4.78 is 13.6. The number of carbonyl (C=O) groups excluding carboxylic acids is 2. The number of nitrogens with zero attached hydrogens (tertiary/aromatic N) is 3. The van der Waals surface area contributed by atoms with E-state index in [1.54, 1.807) is 0 Å². The first-order valence-electron chi connectivity index (χ1n) is 5.62. The van der Waals surface area contributed by atoms with Gasteiger partial charge in [-0.1, -0.05) is 11.3 Å². The third-order valence-corrected chi connectivity index (χ3v) is 3.21. The van der Waals surface area contributed by atoms with Gasteiger partial charge in [0.15, 0.2) is 6.29 Å².